The first-order valence-electron chi connectivity index (χ1n) is 55.2. The summed E-state index contributed by atoms with van der Waals surface area (Å²) in [6.07, 6.45) is 42.7. The number of hydrogen-bond donors (Lipinski definition) is 0. The Labute approximate surface area is 883 Å². The van der Waals surface area contributed by atoms with Crippen molar-refractivity contribution in [2.75, 3.05) is 0 Å². The lowest BCUT2D eigenvalue weighted by Crippen LogP contribution is -1.96. The van der Waals surface area contributed by atoms with E-state index in [1.807, 2.05) is 161 Å². The minimum atomic E-state index is 0.716. The number of benzene rings is 9. The molecule has 9 aromatic carbocycles. The van der Waals surface area contributed by atoms with Gasteiger partial charge in [0, 0.05) is 81.8 Å². The topological polar surface area (TPSA) is 69.8 Å². The Morgan fingerprint density at radius 1 is 0.238 bits per heavy atom. The van der Waals surface area contributed by atoms with E-state index in [-0.39, 0.29) is 0 Å². The van der Waals surface area contributed by atoms with Gasteiger partial charge in [-0.15, -0.1) is 0 Å². The predicted molar refractivity (Wildman–Crippen MR) is 657 cm³/mol. The summed E-state index contributed by atoms with van der Waals surface area (Å²) >= 11 is 0. The number of furan rings is 1. The van der Waals surface area contributed by atoms with Gasteiger partial charge in [-0.1, -0.05) is 451 Å². The third-order valence-electron chi connectivity index (χ3n) is 17.0. The van der Waals surface area contributed by atoms with Crippen molar-refractivity contribution in [3.63, 3.8) is 0 Å². The van der Waals surface area contributed by atoms with Gasteiger partial charge >= 0.3 is 0 Å². The van der Waals surface area contributed by atoms with Crippen molar-refractivity contribution in [3.8, 4) is 11.5 Å². The van der Waals surface area contributed by atoms with E-state index in [0.29, 0.717) is 13.2 Å². The van der Waals surface area contributed by atoms with Crippen LogP contribution in [-0.2, 0) is 63.7 Å². The predicted octanol–water partition coefficient (Wildman–Crippen LogP) is 44.5. The van der Waals surface area contributed by atoms with Crippen LogP contribution in [0.15, 0.2) is 267 Å². The fourth-order valence-electron chi connectivity index (χ4n) is 11.6. The molecule has 9 nitrogen and oxygen atoms in total. The van der Waals surface area contributed by atoms with E-state index in [0.717, 1.165) is 29.9 Å². The highest BCUT2D eigenvalue weighted by molar-refractivity contribution is 5.84. The zero-order valence-corrected chi connectivity index (χ0v) is 102. The maximum Gasteiger partial charge on any atom is 0.134 e. The van der Waals surface area contributed by atoms with Crippen LogP contribution in [0.4, 0.5) is 0 Å². The molecule has 0 unspecified atom stereocenters. The summed E-state index contributed by atoms with van der Waals surface area (Å²) in [6, 6.07) is 63.9. The van der Waals surface area contributed by atoms with Crippen LogP contribution in [0.3, 0.4) is 0 Å². The maximum absolute atomic E-state index is 5.32. The van der Waals surface area contributed by atoms with Crippen LogP contribution in [0, 0.1) is 62.3 Å². The lowest BCUT2D eigenvalue weighted by atomic mass is 10.0. The first-order chi connectivity index (χ1) is 69.1. The normalized spacial score (nSPS) is 9.83. The Kier molecular flexibility index (Phi) is 110. The Hall–Kier alpha value is -11.2. The molecular formula is C134H218N4O5. The maximum atomic E-state index is 5.32. The summed E-state index contributed by atoms with van der Waals surface area (Å²) < 4.78 is 34.6. The lowest BCUT2D eigenvalue weighted by molar-refractivity contribution is 0.234. The molecule has 0 aliphatic carbocycles. The van der Waals surface area contributed by atoms with Crippen molar-refractivity contribution in [2.45, 2.75) is 395 Å². The van der Waals surface area contributed by atoms with Gasteiger partial charge in [-0.25, -0.2) is 0 Å². The van der Waals surface area contributed by atoms with Gasteiger partial charge < -0.3 is 41.6 Å². The lowest BCUT2D eigenvalue weighted by Gasteiger charge is -2.11. The molecule has 0 saturated carbocycles. The van der Waals surface area contributed by atoms with Crippen LogP contribution in [-0.4, -0.2) is 18.3 Å². The van der Waals surface area contributed by atoms with Gasteiger partial charge in [0.25, 0.3) is 0 Å². The monoisotopic (exact) mass is 1960 g/mol. The highest BCUT2D eigenvalue weighted by Crippen LogP contribution is 2.27. The standard InChI is InChI=1S/4C10H11N.4C10H10O.C9H8O.9C3H8.9C2H6/c2*1-8-3-4-9-6-11(2)7-10(9)5-8;2*1-8-3-4-9-5-6-11(2)10(9)7-8;2*1-8-2-3-9-4-5-11-7-10(9)6-8;2*1-8-4-5-9-3-2-6-11-10(9)7-8;1-7-2-3-8-4-5-10-9(8)6-7;9*1-3-2;9*1-2/h4*3-7H,1-2H3;2*2-6H,7H2,1H3;2*2,4-7H,3H2,1H3;2-6H,1H3;9*3H2,1-2H3;9*1-2H3. The van der Waals surface area contributed by atoms with Gasteiger partial charge in [-0.3, -0.25) is 0 Å². The second-order valence-corrected chi connectivity index (χ2v) is 32.2. The largest absolute Gasteiger partial charge is 0.496 e. The van der Waals surface area contributed by atoms with E-state index < -0.39 is 0 Å². The van der Waals surface area contributed by atoms with Crippen LogP contribution in [0.1, 0.15) is 390 Å². The van der Waals surface area contributed by atoms with Gasteiger partial charge in [-0.2, -0.15) is 0 Å². The smallest absolute Gasteiger partial charge is 0.134 e. The van der Waals surface area contributed by atoms with Crippen LogP contribution in [0.25, 0.3) is 66.5 Å². The second kappa shape index (κ2) is 105. The molecule has 0 spiro atoms. The zero-order chi connectivity index (χ0) is 111. The Bertz CT molecular complexity index is 4970. The van der Waals surface area contributed by atoms with E-state index >= 15 is 0 Å². The van der Waals surface area contributed by atoms with Gasteiger partial charge in [-0.05, 0) is 254 Å². The molecule has 4 aliphatic rings. The minimum absolute atomic E-state index is 0.716. The summed E-state index contributed by atoms with van der Waals surface area (Å²) in [5, 5.41) is 9.10. The van der Waals surface area contributed by atoms with Gasteiger partial charge in [0.05, 0.1) is 31.3 Å². The molecule has 18 rings (SSSR count). The molecule has 4 aliphatic heterocycles. The summed E-state index contributed by atoms with van der Waals surface area (Å²) in [6.45, 7) is 94.5. The summed E-state index contributed by atoms with van der Waals surface area (Å²) in [4.78, 5) is 0. The van der Waals surface area contributed by atoms with E-state index in [1.165, 1.54) is 190 Å². The molecule has 14 aromatic rings. The summed E-state index contributed by atoms with van der Waals surface area (Å²) in [7, 11) is 8.24. The highest BCUT2D eigenvalue weighted by atomic mass is 16.5. The average Bonchev–Trinajstić information content (AvgIpc) is 1.70. The van der Waals surface area contributed by atoms with Gasteiger partial charge in [0.15, 0.2) is 0 Å². The average molecular weight is 1970 g/mol. The molecular weight excluding hydrogens is 1750 g/mol. The molecule has 0 amide bonds. The quantitative estimate of drug-likeness (QED) is 0.151. The van der Waals surface area contributed by atoms with Crippen molar-refractivity contribution < 1.29 is 23.4 Å². The van der Waals surface area contributed by atoms with Gasteiger partial charge in [0.2, 0.25) is 0 Å². The molecule has 0 bridgehead atoms. The zero-order valence-electron chi connectivity index (χ0n) is 102. The van der Waals surface area contributed by atoms with Crippen molar-refractivity contribution in [1.82, 2.24) is 18.3 Å². The molecule has 0 N–H and O–H groups in total. The Morgan fingerprint density at radius 2 is 0.490 bits per heavy atom. The molecule has 0 atom stereocenters. The highest BCUT2D eigenvalue weighted by Gasteiger charge is 2.09. The van der Waals surface area contributed by atoms with E-state index in [4.69, 9.17) is 23.4 Å². The number of nitrogens with zero attached hydrogens (tertiary/aromatic N) is 4. The number of hydrogen-bond acceptors (Lipinski definition) is 5. The molecule has 0 fully saturated rings. The van der Waals surface area contributed by atoms with Crippen LogP contribution in [0.2, 0.25) is 0 Å². The van der Waals surface area contributed by atoms with Crippen molar-refractivity contribution >= 4 is 66.5 Å². The van der Waals surface area contributed by atoms with Crippen LogP contribution >= 0.6 is 0 Å². The third-order valence-corrected chi connectivity index (χ3v) is 17.0. The molecule has 0 saturated heterocycles. The molecule has 0 radical (unpaired) electrons. The van der Waals surface area contributed by atoms with Gasteiger partial charge in [0.1, 0.15) is 30.3 Å². The third kappa shape index (κ3) is 71.9. The number of fused-ring (bicyclic) bond motifs is 9. The fraction of sp³-hybridized carbons (Fsp3) is 0.463. The second-order valence-electron chi connectivity index (χ2n) is 32.2. The number of allylic oxidation sites excluding steroid dienone is 2. The number of aromatic nitrogens is 4. The molecule has 804 valence electrons. The Morgan fingerprint density at radius 3 is 0.804 bits per heavy atom. The first kappa shape index (κ1) is 150. The first-order valence-corrected chi connectivity index (χ1v) is 55.2. The fourth-order valence-corrected chi connectivity index (χ4v) is 11.6. The molecule has 5 aromatic heterocycles. The number of aryl methyl sites for hydroxylation is 13. The van der Waals surface area contributed by atoms with E-state index in [1.54, 1.807) is 31.3 Å². The van der Waals surface area contributed by atoms with Crippen molar-refractivity contribution in [3.05, 3.63) is 346 Å². The van der Waals surface area contributed by atoms with Crippen LogP contribution < -0.4 is 9.47 Å². The van der Waals surface area contributed by atoms with E-state index in [2.05, 4.69) is 440 Å². The van der Waals surface area contributed by atoms with Crippen molar-refractivity contribution in [2.24, 2.45) is 28.2 Å². The number of rotatable bonds is 0. The minimum Gasteiger partial charge on any atom is -0.496 e. The number of ether oxygens (including phenoxy) is 4. The summed E-state index contributed by atoms with van der Waals surface area (Å²) in [5.74, 6) is 2.01. The molecule has 9 heteroatoms. The van der Waals surface area contributed by atoms with Crippen molar-refractivity contribution in [1.29, 1.82) is 0 Å². The van der Waals surface area contributed by atoms with E-state index in [9.17, 15) is 0 Å². The van der Waals surface area contributed by atoms with Crippen LogP contribution in [0.5, 0.6) is 11.5 Å². The SMILES string of the molecule is CC.CC.CC.CC.CC.CC.CC.CC.CC.CCC.CCC.CCC.CCC.CCC.CCC.CCC.CCC.CCC.Cc1ccc2c(c1)COC=C2.Cc1ccc2c(c1)COC=C2.Cc1ccc2c(c1)OC=CC2.Cc1ccc2c(c1)OC=CC2.Cc1ccc2ccn(C)c2c1.Cc1ccc2ccn(C)c2c1.Cc1ccc2ccoc2c1.Cc1ccc2cn(C)cc2c1.Cc1ccc2cn(C)cc2c1. The Balaban J connectivity index is -0.000000192. The molecule has 9 heterocycles. The summed E-state index contributed by atoms with van der Waals surface area (Å²) in [5.41, 5.74) is 22.9. The molecule has 143 heavy (non-hydrogen) atoms.